The van der Waals surface area contributed by atoms with E-state index in [9.17, 15) is 4.79 Å². The first-order valence-electron chi connectivity index (χ1n) is 5.98. The molecule has 0 aromatic heterocycles. The summed E-state index contributed by atoms with van der Waals surface area (Å²) in [6, 6.07) is 16.3. The first-order valence-corrected chi connectivity index (χ1v) is 6.36. The number of carbonyl (C=O) groups is 1. The zero-order valence-electron chi connectivity index (χ0n) is 10.3. The van der Waals surface area contributed by atoms with Gasteiger partial charge in [0.25, 0.3) is 5.91 Å². The van der Waals surface area contributed by atoms with Gasteiger partial charge in [-0.25, -0.2) is 0 Å². The first kappa shape index (κ1) is 13.4. The average Bonchev–Trinajstić information content (AvgIpc) is 2.46. The predicted octanol–water partition coefficient (Wildman–Crippen LogP) is 3.15. The number of rotatable bonds is 5. The zero-order valence-corrected chi connectivity index (χ0v) is 11.1. The van der Waals surface area contributed by atoms with E-state index in [-0.39, 0.29) is 5.91 Å². The molecule has 1 N–H and O–H groups in total. The minimum Gasteiger partial charge on any atom is -0.490 e. The Morgan fingerprint density at radius 2 is 1.74 bits per heavy atom. The van der Waals surface area contributed by atoms with Gasteiger partial charge >= 0.3 is 0 Å². The van der Waals surface area contributed by atoms with Gasteiger partial charge in [-0.1, -0.05) is 41.9 Å². The molecule has 0 bridgehead atoms. The summed E-state index contributed by atoms with van der Waals surface area (Å²) in [4.78, 5) is 11.7. The highest BCUT2D eigenvalue weighted by Crippen LogP contribution is 2.22. The minimum atomic E-state index is -0.108. The molecule has 0 saturated carbocycles. The van der Waals surface area contributed by atoms with Crippen LogP contribution in [0.15, 0.2) is 54.6 Å². The smallest absolute Gasteiger partial charge is 0.251 e. The van der Waals surface area contributed by atoms with Crippen LogP contribution in [0.5, 0.6) is 5.75 Å². The zero-order chi connectivity index (χ0) is 13.5. The number of benzene rings is 2. The topological polar surface area (TPSA) is 38.3 Å². The molecule has 19 heavy (non-hydrogen) atoms. The van der Waals surface area contributed by atoms with E-state index in [4.69, 9.17) is 16.3 Å². The molecule has 3 nitrogen and oxygen atoms in total. The number of halogens is 1. The SMILES string of the molecule is O=C(NCCOc1ccccc1Cl)c1ccccc1. The van der Waals surface area contributed by atoms with Gasteiger partial charge in [-0.2, -0.15) is 0 Å². The molecule has 98 valence electrons. The lowest BCUT2D eigenvalue weighted by atomic mass is 10.2. The second-order valence-electron chi connectivity index (χ2n) is 3.90. The molecule has 0 aliphatic heterocycles. The number of para-hydroxylation sites is 1. The van der Waals surface area contributed by atoms with E-state index in [1.165, 1.54) is 0 Å². The molecule has 2 rings (SSSR count). The third-order valence-electron chi connectivity index (χ3n) is 2.52. The van der Waals surface area contributed by atoms with Gasteiger partial charge < -0.3 is 10.1 Å². The number of nitrogens with one attached hydrogen (secondary N) is 1. The van der Waals surface area contributed by atoms with Crippen LogP contribution in [0.2, 0.25) is 5.02 Å². The third-order valence-corrected chi connectivity index (χ3v) is 2.83. The van der Waals surface area contributed by atoms with Gasteiger partial charge in [0, 0.05) is 5.56 Å². The van der Waals surface area contributed by atoms with Crippen molar-refractivity contribution in [3.05, 3.63) is 65.2 Å². The summed E-state index contributed by atoms with van der Waals surface area (Å²) in [5.74, 6) is 0.515. The summed E-state index contributed by atoms with van der Waals surface area (Å²) in [6.07, 6.45) is 0. The summed E-state index contributed by atoms with van der Waals surface area (Å²) in [7, 11) is 0. The van der Waals surface area contributed by atoms with Gasteiger partial charge in [0.15, 0.2) is 0 Å². The number of ether oxygens (including phenoxy) is 1. The van der Waals surface area contributed by atoms with Crippen LogP contribution in [-0.4, -0.2) is 19.1 Å². The highest BCUT2D eigenvalue weighted by molar-refractivity contribution is 6.32. The van der Waals surface area contributed by atoms with Gasteiger partial charge in [-0.3, -0.25) is 4.79 Å². The van der Waals surface area contributed by atoms with Crippen molar-refractivity contribution < 1.29 is 9.53 Å². The van der Waals surface area contributed by atoms with Crippen LogP contribution in [0.3, 0.4) is 0 Å². The van der Waals surface area contributed by atoms with Gasteiger partial charge in [0.05, 0.1) is 11.6 Å². The molecule has 0 saturated heterocycles. The number of hydrogen-bond acceptors (Lipinski definition) is 2. The van der Waals surface area contributed by atoms with Crippen molar-refractivity contribution in [3.8, 4) is 5.75 Å². The number of carbonyl (C=O) groups excluding carboxylic acids is 1. The van der Waals surface area contributed by atoms with Gasteiger partial charge in [0.1, 0.15) is 12.4 Å². The van der Waals surface area contributed by atoms with E-state index < -0.39 is 0 Å². The molecule has 0 unspecified atom stereocenters. The Balaban J connectivity index is 1.76. The standard InChI is InChI=1S/C15H14ClNO2/c16-13-8-4-5-9-14(13)19-11-10-17-15(18)12-6-2-1-3-7-12/h1-9H,10-11H2,(H,17,18). The molecule has 0 aliphatic rings. The third kappa shape index (κ3) is 4.00. The Bertz CT molecular complexity index is 543. The molecular formula is C15H14ClNO2. The van der Waals surface area contributed by atoms with Crippen molar-refractivity contribution in [2.24, 2.45) is 0 Å². The van der Waals surface area contributed by atoms with Crippen LogP contribution in [-0.2, 0) is 0 Å². The normalized spacial score (nSPS) is 9.95. The molecule has 1 amide bonds. The summed E-state index contributed by atoms with van der Waals surface area (Å²) in [5.41, 5.74) is 0.639. The Morgan fingerprint density at radius 3 is 2.47 bits per heavy atom. The van der Waals surface area contributed by atoms with Crippen LogP contribution < -0.4 is 10.1 Å². The highest BCUT2D eigenvalue weighted by atomic mass is 35.5. The summed E-state index contributed by atoms with van der Waals surface area (Å²) in [5, 5.41) is 3.35. The van der Waals surface area contributed by atoms with E-state index in [2.05, 4.69) is 5.32 Å². The summed E-state index contributed by atoms with van der Waals surface area (Å²) >= 11 is 5.95. The van der Waals surface area contributed by atoms with E-state index in [1.807, 2.05) is 30.3 Å². The summed E-state index contributed by atoms with van der Waals surface area (Å²) in [6.45, 7) is 0.807. The predicted molar refractivity (Wildman–Crippen MR) is 75.7 cm³/mol. The van der Waals surface area contributed by atoms with Gasteiger partial charge in [0.2, 0.25) is 0 Å². The maximum absolute atomic E-state index is 11.7. The van der Waals surface area contributed by atoms with Crippen molar-refractivity contribution >= 4 is 17.5 Å². The van der Waals surface area contributed by atoms with Crippen molar-refractivity contribution in [3.63, 3.8) is 0 Å². The molecule has 0 fully saturated rings. The molecule has 0 heterocycles. The lowest BCUT2D eigenvalue weighted by Crippen LogP contribution is -2.28. The fraction of sp³-hybridized carbons (Fsp3) is 0.133. The van der Waals surface area contributed by atoms with Gasteiger partial charge in [-0.15, -0.1) is 0 Å². The molecule has 2 aromatic rings. The summed E-state index contributed by atoms with van der Waals surface area (Å²) < 4.78 is 5.48. The molecule has 2 aromatic carbocycles. The largest absolute Gasteiger partial charge is 0.490 e. The molecular weight excluding hydrogens is 262 g/mol. The van der Waals surface area contributed by atoms with Crippen LogP contribution >= 0.6 is 11.6 Å². The fourth-order valence-electron chi connectivity index (χ4n) is 1.58. The van der Waals surface area contributed by atoms with Crippen molar-refractivity contribution in [2.75, 3.05) is 13.2 Å². The Hall–Kier alpha value is -2.00. The fourth-order valence-corrected chi connectivity index (χ4v) is 1.77. The highest BCUT2D eigenvalue weighted by Gasteiger charge is 2.03. The average molecular weight is 276 g/mol. The number of amides is 1. The van der Waals surface area contributed by atoms with Crippen molar-refractivity contribution in [2.45, 2.75) is 0 Å². The number of hydrogen-bond donors (Lipinski definition) is 1. The maximum atomic E-state index is 11.7. The monoisotopic (exact) mass is 275 g/mol. The molecule has 0 radical (unpaired) electrons. The molecule has 0 spiro atoms. The van der Waals surface area contributed by atoms with Gasteiger partial charge in [-0.05, 0) is 24.3 Å². The van der Waals surface area contributed by atoms with E-state index in [0.29, 0.717) is 29.5 Å². The Labute approximate surface area is 117 Å². The second kappa shape index (κ2) is 6.81. The van der Waals surface area contributed by atoms with Crippen molar-refractivity contribution in [1.82, 2.24) is 5.32 Å². The van der Waals surface area contributed by atoms with E-state index in [0.717, 1.165) is 0 Å². The Morgan fingerprint density at radius 1 is 1.05 bits per heavy atom. The first-order chi connectivity index (χ1) is 9.27. The van der Waals surface area contributed by atoms with Crippen LogP contribution in [0, 0.1) is 0 Å². The minimum absolute atomic E-state index is 0.108. The van der Waals surface area contributed by atoms with Crippen LogP contribution in [0.25, 0.3) is 0 Å². The van der Waals surface area contributed by atoms with E-state index in [1.54, 1.807) is 24.3 Å². The lowest BCUT2D eigenvalue weighted by molar-refractivity contribution is 0.0947. The van der Waals surface area contributed by atoms with Crippen molar-refractivity contribution in [1.29, 1.82) is 0 Å². The second-order valence-corrected chi connectivity index (χ2v) is 4.31. The van der Waals surface area contributed by atoms with Crippen LogP contribution in [0.1, 0.15) is 10.4 Å². The molecule has 4 heteroatoms. The quantitative estimate of drug-likeness (QED) is 0.852. The Kier molecular flexibility index (Phi) is 4.81. The molecule has 0 aliphatic carbocycles. The van der Waals surface area contributed by atoms with E-state index >= 15 is 0 Å². The van der Waals surface area contributed by atoms with Crippen LogP contribution in [0.4, 0.5) is 0 Å². The lowest BCUT2D eigenvalue weighted by Gasteiger charge is -2.08. The molecule has 0 atom stereocenters. The maximum Gasteiger partial charge on any atom is 0.251 e.